The zero-order valence-electron chi connectivity index (χ0n) is 16.2. The molecule has 1 aliphatic heterocycles. The molecule has 2 aromatic carbocycles. The van der Waals surface area contributed by atoms with Crippen molar-refractivity contribution in [1.82, 2.24) is 4.90 Å². The number of imide groups is 1. The zero-order chi connectivity index (χ0) is 20.1. The standard InChI is InChI=1S/C22H24N2O4/c1-3-5-14-20(25)23(18-12-8-9-13-19(18)28-4-2)15-24-21(26)16-10-6-7-11-17(16)22(24)27/h6-13H,3-5,14-15H2,1-2H3. The van der Waals surface area contributed by atoms with Gasteiger partial charge in [-0.05, 0) is 37.6 Å². The third kappa shape index (κ3) is 3.76. The smallest absolute Gasteiger partial charge is 0.263 e. The average Bonchev–Trinajstić information content (AvgIpc) is 2.96. The molecule has 3 rings (SSSR count). The van der Waals surface area contributed by atoms with E-state index in [4.69, 9.17) is 4.74 Å². The number of para-hydroxylation sites is 2. The van der Waals surface area contributed by atoms with Gasteiger partial charge in [0.15, 0.2) is 0 Å². The monoisotopic (exact) mass is 380 g/mol. The molecule has 0 N–H and O–H groups in total. The molecule has 0 saturated carbocycles. The van der Waals surface area contributed by atoms with Crippen LogP contribution in [0.2, 0.25) is 0 Å². The number of ether oxygens (including phenoxy) is 1. The van der Waals surface area contributed by atoms with E-state index in [1.54, 1.807) is 42.5 Å². The van der Waals surface area contributed by atoms with Gasteiger partial charge < -0.3 is 4.74 Å². The Balaban J connectivity index is 1.94. The normalized spacial score (nSPS) is 12.9. The van der Waals surface area contributed by atoms with Gasteiger partial charge in [-0.2, -0.15) is 0 Å². The Morgan fingerprint density at radius 2 is 1.57 bits per heavy atom. The summed E-state index contributed by atoms with van der Waals surface area (Å²) in [5.41, 5.74) is 1.29. The fourth-order valence-electron chi connectivity index (χ4n) is 3.22. The molecule has 6 nitrogen and oxygen atoms in total. The van der Waals surface area contributed by atoms with Gasteiger partial charge in [0.25, 0.3) is 11.8 Å². The van der Waals surface area contributed by atoms with Crippen LogP contribution in [0.4, 0.5) is 5.69 Å². The van der Waals surface area contributed by atoms with Crippen LogP contribution >= 0.6 is 0 Å². The first kappa shape index (κ1) is 19.6. The van der Waals surface area contributed by atoms with Crippen molar-refractivity contribution in [1.29, 1.82) is 0 Å². The molecule has 3 amide bonds. The number of nitrogens with zero attached hydrogens (tertiary/aromatic N) is 2. The molecular formula is C22H24N2O4. The maximum atomic E-state index is 13.0. The van der Waals surface area contributed by atoms with E-state index in [2.05, 4.69) is 0 Å². The topological polar surface area (TPSA) is 66.9 Å². The van der Waals surface area contributed by atoms with Crippen LogP contribution in [-0.2, 0) is 4.79 Å². The second-order valence-electron chi connectivity index (χ2n) is 6.55. The van der Waals surface area contributed by atoms with Gasteiger partial charge in [-0.15, -0.1) is 0 Å². The third-order valence-electron chi connectivity index (χ3n) is 4.66. The predicted octanol–water partition coefficient (Wildman–Crippen LogP) is 3.86. The summed E-state index contributed by atoms with van der Waals surface area (Å²) in [7, 11) is 0. The number of amides is 3. The molecule has 2 aromatic rings. The number of carbonyl (C=O) groups excluding carboxylic acids is 3. The molecule has 0 atom stereocenters. The first-order chi connectivity index (χ1) is 13.6. The minimum Gasteiger partial charge on any atom is -0.492 e. The predicted molar refractivity (Wildman–Crippen MR) is 106 cm³/mol. The molecule has 28 heavy (non-hydrogen) atoms. The average molecular weight is 380 g/mol. The number of rotatable bonds is 8. The van der Waals surface area contributed by atoms with Gasteiger partial charge in [-0.3, -0.25) is 24.2 Å². The number of benzene rings is 2. The van der Waals surface area contributed by atoms with E-state index in [1.807, 2.05) is 19.9 Å². The van der Waals surface area contributed by atoms with Crippen molar-refractivity contribution in [2.45, 2.75) is 33.1 Å². The van der Waals surface area contributed by atoms with Gasteiger partial charge in [0, 0.05) is 6.42 Å². The van der Waals surface area contributed by atoms with Crippen LogP contribution in [0.25, 0.3) is 0 Å². The summed E-state index contributed by atoms with van der Waals surface area (Å²) in [5, 5.41) is 0. The second-order valence-corrected chi connectivity index (χ2v) is 6.55. The van der Waals surface area contributed by atoms with Crippen molar-refractivity contribution >= 4 is 23.4 Å². The number of hydrogen-bond acceptors (Lipinski definition) is 4. The van der Waals surface area contributed by atoms with Crippen LogP contribution in [0.5, 0.6) is 5.75 Å². The fraction of sp³-hybridized carbons (Fsp3) is 0.318. The molecule has 146 valence electrons. The maximum absolute atomic E-state index is 13.0. The van der Waals surface area contributed by atoms with Gasteiger partial charge in [0.1, 0.15) is 12.4 Å². The molecule has 0 saturated heterocycles. The summed E-state index contributed by atoms with van der Waals surface area (Å²) >= 11 is 0. The Morgan fingerprint density at radius 3 is 2.18 bits per heavy atom. The molecule has 0 unspecified atom stereocenters. The first-order valence-electron chi connectivity index (χ1n) is 9.55. The quantitative estimate of drug-likeness (QED) is 0.652. The molecule has 0 fully saturated rings. The molecule has 0 spiro atoms. The van der Waals surface area contributed by atoms with Crippen molar-refractivity contribution in [3.05, 3.63) is 59.7 Å². The molecule has 0 aromatic heterocycles. The van der Waals surface area contributed by atoms with Crippen molar-refractivity contribution in [2.75, 3.05) is 18.2 Å². The van der Waals surface area contributed by atoms with E-state index in [1.165, 1.54) is 4.90 Å². The highest BCUT2D eigenvalue weighted by Gasteiger charge is 2.37. The van der Waals surface area contributed by atoms with Crippen molar-refractivity contribution in [2.24, 2.45) is 0 Å². The van der Waals surface area contributed by atoms with E-state index in [9.17, 15) is 14.4 Å². The Kier molecular flexibility index (Phi) is 6.09. The summed E-state index contributed by atoms with van der Waals surface area (Å²) in [6.45, 7) is 4.18. The van der Waals surface area contributed by atoms with Crippen molar-refractivity contribution in [3.63, 3.8) is 0 Å². The van der Waals surface area contributed by atoms with Crippen LogP contribution in [0.3, 0.4) is 0 Å². The Morgan fingerprint density at radius 1 is 0.964 bits per heavy atom. The summed E-state index contributed by atoms with van der Waals surface area (Å²) in [6, 6.07) is 13.9. The van der Waals surface area contributed by atoms with Crippen LogP contribution in [0, 0.1) is 0 Å². The van der Waals surface area contributed by atoms with Gasteiger partial charge >= 0.3 is 0 Å². The maximum Gasteiger partial charge on any atom is 0.263 e. The summed E-state index contributed by atoms with van der Waals surface area (Å²) in [6.07, 6.45) is 1.94. The minimum atomic E-state index is -0.386. The molecular weight excluding hydrogens is 356 g/mol. The molecule has 6 heteroatoms. The second kappa shape index (κ2) is 8.69. The first-order valence-corrected chi connectivity index (χ1v) is 9.55. The lowest BCUT2D eigenvalue weighted by molar-refractivity contribution is -0.119. The minimum absolute atomic E-state index is 0.140. The number of unbranched alkanes of at least 4 members (excludes halogenated alkanes) is 1. The van der Waals surface area contributed by atoms with Gasteiger partial charge in [0.05, 0.1) is 23.4 Å². The lowest BCUT2D eigenvalue weighted by Crippen LogP contribution is -2.44. The van der Waals surface area contributed by atoms with Crippen LogP contribution in [0.15, 0.2) is 48.5 Å². The van der Waals surface area contributed by atoms with E-state index in [0.717, 1.165) is 17.7 Å². The highest BCUT2D eigenvalue weighted by molar-refractivity contribution is 6.21. The van der Waals surface area contributed by atoms with Gasteiger partial charge in [0.2, 0.25) is 5.91 Å². The van der Waals surface area contributed by atoms with Crippen molar-refractivity contribution in [3.8, 4) is 5.75 Å². The number of hydrogen-bond donors (Lipinski definition) is 0. The largest absolute Gasteiger partial charge is 0.492 e. The molecule has 0 aliphatic carbocycles. The summed E-state index contributed by atoms with van der Waals surface area (Å²) in [5.74, 6) is -0.373. The van der Waals surface area contributed by atoms with E-state index >= 15 is 0 Å². The highest BCUT2D eigenvalue weighted by atomic mass is 16.5. The number of carbonyl (C=O) groups is 3. The van der Waals surface area contributed by atoms with Gasteiger partial charge in [-0.1, -0.05) is 37.6 Å². The molecule has 0 radical (unpaired) electrons. The third-order valence-corrected chi connectivity index (χ3v) is 4.66. The van der Waals surface area contributed by atoms with E-state index < -0.39 is 0 Å². The van der Waals surface area contributed by atoms with Crippen molar-refractivity contribution < 1.29 is 19.1 Å². The molecule has 0 bridgehead atoms. The summed E-state index contributed by atoms with van der Waals surface area (Å²) < 4.78 is 5.67. The number of anilines is 1. The Bertz CT molecular complexity index is 859. The Labute approximate surface area is 164 Å². The van der Waals surface area contributed by atoms with Crippen LogP contribution < -0.4 is 9.64 Å². The summed E-state index contributed by atoms with van der Waals surface area (Å²) in [4.78, 5) is 41.1. The fourth-order valence-corrected chi connectivity index (χ4v) is 3.22. The van der Waals surface area contributed by atoms with E-state index in [-0.39, 0.29) is 24.4 Å². The number of fused-ring (bicyclic) bond motifs is 1. The Hall–Kier alpha value is -3.15. The molecule has 1 heterocycles. The van der Waals surface area contributed by atoms with E-state index in [0.29, 0.717) is 35.6 Å². The van der Waals surface area contributed by atoms with Gasteiger partial charge in [-0.25, -0.2) is 0 Å². The van der Waals surface area contributed by atoms with Crippen LogP contribution in [-0.4, -0.2) is 35.9 Å². The lowest BCUT2D eigenvalue weighted by Gasteiger charge is -2.28. The highest BCUT2D eigenvalue weighted by Crippen LogP contribution is 2.31. The zero-order valence-corrected chi connectivity index (χ0v) is 16.2. The molecule has 1 aliphatic rings. The SMILES string of the molecule is CCCCC(=O)N(CN1C(=O)c2ccccc2C1=O)c1ccccc1OCC. The van der Waals surface area contributed by atoms with Crippen LogP contribution in [0.1, 0.15) is 53.8 Å². The lowest BCUT2D eigenvalue weighted by atomic mass is 10.1.